The maximum Gasteiger partial charge on any atom is 0.270 e. The Kier molecular flexibility index (Phi) is 4.93. The van der Waals surface area contributed by atoms with Crippen molar-refractivity contribution in [3.63, 3.8) is 0 Å². The lowest BCUT2D eigenvalue weighted by atomic mass is 10.2. The monoisotopic (exact) mass is 271 g/mol. The Hall–Kier alpha value is -1.80. The van der Waals surface area contributed by atoms with E-state index in [4.69, 9.17) is 16.0 Å². The van der Waals surface area contributed by atoms with Crippen LogP contribution in [0.25, 0.3) is 0 Å². The molecule has 0 radical (unpaired) electrons. The van der Waals surface area contributed by atoms with Crippen molar-refractivity contribution in [3.05, 3.63) is 33.9 Å². The van der Waals surface area contributed by atoms with Crippen LogP contribution >= 0.6 is 11.8 Å². The molecule has 1 aromatic carbocycles. The SMILES string of the molecule is CC(CO)Sc1ccc([N+](=O)[O-])cc1/C(N)=N/O. The fourth-order valence-corrected chi connectivity index (χ4v) is 2.19. The zero-order valence-corrected chi connectivity index (χ0v) is 10.4. The van der Waals surface area contributed by atoms with Crippen LogP contribution in [0.15, 0.2) is 28.3 Å². The van der Waals surface area contributed by atoms with Crippen LogP contribution in [0.1, 0.15) is 12.5 Å². The van der Waals surface area contributed by atoms with Gasteiger partial charge < -0.3 is 16.0 Å². The van der Waals surface area contributed by atoms with Crippen LogP contribution in [-0.4, -0.2) is 32.9 Å². The molecule has 0 heterocycles. The summed E-state index contributed by atoms with van der Waals surface area (Å²) in [5, 5.41) is 31.1. The molecular weight excluding hydrogens is 258 g/mol. The number of aliphatic hydroxyl groups excluding tert-OH is 1. The molecule has 0 aliphatic heterocycles. The molecular formula is C10H13N3O4S. The molecule has 4 N–H and O–H groups in total. The van der Waals surface area contributed by atoms with E-state index < -0.39 is 4.92 Å². The topological polar surface area (TPSA) is 122 Å². The molecule has 7 nitrogen and oxygen atoms in total. The standard InChI is InChI=1S/C10H13N3O4S/c1-6(5-14)18-9-3-2-7(13(16)17)4-8(9)10(11)12-15/h2-4,6,14-15H,5H2,1H3,(H2,11,12). The minimum Gasteiger partial charge on any atom is -0.409 e. The van der Waals surface area contributed by atoms with Crippen molar-refractivity contribution >= 4 is 23.3 Å². The normalized spacial score (nSPS) is 13.3. The molecule has 98 valence electrons. The molecule has 1 unspecified atom stereocenters. The second-order valence-electron chi connectivity index (χ2n) is 3.53. The molecule has 0 spiro atoms. The molecule has 0 aromatic heterocycles. The van der Waals surface area contributed by atoms with Gasteiger partial charge in [0.1, 0.15) is 0 Å². The number of nitrogens with two attached hydrogens (primary N) is 1. The van der Waals surface area contributed by atoms with Crippen LogP contribution in [-0.2, 0) is 0 Å². The Morgan fingerprint density at radius 1 is 1.67 bits per heavy atom. The van der Waals surface area contributed by atoms with Gasteiger partial charge in [-0.2, -0.15) is 0 Å². The van der Waals surface area contributed by atoms with Gasteiger partial charge in [0.05, 0.1) is 11.5 Å². The fourth-order valence-electron chi connectivity index (χ4n) is 1.24. The van der Waals surface area contributed by atoms with Gasteiger partial charge in [-0.05, 0) is 6.07 Å². The van der Waals surface area contributed by atoms with Crippen molar-refractivity contribution in [1.82, 2.24) is 0 Å². The van der Waals surface area contributed by atoms with Crippen molar-refractivity contribution in [2.75, 3.05) is 6.61 Å². The number of thioether (sulfide) groups is 1. The van der Waals surface area contributed by atoms with E-state index in [1.807, 2.05) is 0 Å². The third-order valence-corrected chi connectivity index (χ3v) is 3.30. The number of aliphatic hydroxyl groups is 1. The van der Waals surface area contributed by atoms with Crippen LogP contribution in [0.4, 0.5) is 5.69 Å². The highest BCUT2D eigenvalue weighted by Crippen LogP contribution is 2.29. The zero-order valence-electron chi connectivity index (χ0n) is 9.61. The average Bonchev–Trinajstić information content (AvgIpc) is 2.37. The van der Waals surface area contributed by atoms with E-state index in [2.05, 4.69) is 5.16 Å². The van der Waals surface area contributed by atoms with Gasteiger partial charge in [-0.25, -0.2) is 0 Å². The smallest absolute Gasteiger partial charge is 0.270 e. The van der Waals surface area contributed by atoms with Gasteiger partial charge in [0.2, 0.25) is 0 Å². The summed E-state index contributed by atoms with van der Waals surface area (Å²) in [6.45, 7) is 1.75. The summed E-state index contributed by atoms with van der Waals surface area (Å²) in [5.41, 5.74) is 5.62. The van der Waals surface area contributed by atoms with E-state index in [0.717, 1.165) is 0 Å². The molecule has 1 atom stereocenters. The second-order valence-corrected chi connectivity index (χ2v) is 5.01. The first-order valence-corrected chi connectivity index (χ1v) is 5.91. The van der Waals surface area contributed by atoms with Crippen LogP contribution in [0.5, 0.6) is 0 Å². The first kappa shape index (κ1) is 14.3. The molecule has 0 aliphatic rings. The highest BCUT2D eigenvalue weighted by molar-refractivity contribution is 8.00. The molecule has 0 bridgehead atoms. The summed E-state index contributed by atoms with van der Waals surface area (Å²) in [6.07, 6.45) is 0. The van der Waals surface area contributed by atoms with E-state index in [1.165, 1.54) is 30.0 Å². The highest BCUT2D eigenvalue weighted by atomic mass is 32.2. The molecule has 0 aliphatic carbocycles. The minimum atomic E-state index is -0.557. The first-order valence-electron chi connectivity index (χ1n) is 5.03. The maximum absolute atomic E-state index is 10.7. The predicted molar refractivity (Wildman–Crippen MR) is 68.0 cm³/mol. The quantitative estimate of drug-likeness (QED) is 0.184. The van der Waals surface area contributed by atoms with Crippen molar-refractivity contribution in [2.24, 2.45) is 10.9 Å². The predicted octanol–water partition coefficient (Wildman–Crippen LogP) is 1.16. The second kappa shape index (κ2) is 6.22. The number of oxime groups is 1. The van der Waals surface area contributed by atoms with Crippen LogP contribution in [0, 0.1) is 10.1 Å². The van der Waals surface area contributed by atoms with Gasteiger partial charge in [-0.1, -0.05) is 12.1 Å². The summed E-state index contributed by atoms with van der Waals surface area (Å²) in [5.74, 6) is -0.202. The number of hydrogen-bond acceptors (Lipinski definition) is 6. The molecule has 1 aromatic rings. The maximum atomic E-state index is 10.7. The number of rotatable bonds is 5. The number of nitro benzene ring substituents is 1. The van der Waals surface area contributed by atoms with Crippen molar-refractivity contribution in [1.29, 1.82) is 0 Å². The lowest BCUT2D eigenvalue weighted by Crippen LogP contribution is -2.15. The van der Waals surface area contributed by atoms with E-state index in [-0.39, 0.29) is 28.9 Å². The van der Waals surface area contributed by atoms with Gasteiger partial charge in [0.15, 0.2) is 5.84 Å². The Bertz CT molecular complexity index is 478. The third kappa shape index (κ3) is 3.34. The van der Waals surface area contributed by atoms with Crippen molar-refractivity contribution < 1.29 is 15.2 Å². The van der Waals surface area contributed by atoms with Gasteiger partial charge in [-0.3, -0.25) is 10.1 Å². The largest absolute Gasteiger partial charge is 0.409 e. The van der Waals surface area contributed by atoms with Crippen LogP contribution in [0.2, 0.25) is 0 Å². The van der Waals surface area contributed by atoms with Crippen LogP contribution in [0.3, 0.4) is 0 Å². The number of hydrogen-bond donors (Lipinski definition) is 3. The molecule has 0 saturated heterocycles. The number of amidine groups is 1. The van der Waals surface area contributed by atoms with Gasteiger partial charge in [0, 0.05) is 27.8 Å². The molecule has 8 heteroatoms. The molecule has 18 heavy (non-hydrogen) atoms. The number of nitrogens with zero attached hydrogens (tertiary/aromatic N) is 2. The molecule has 1 rings (SSSR count). The number of benzene rings is 1. The summed E-state index contributed by atoms with van der Waals surface area (Å²) in [6, 6.07) is 4.09. The van der Waals surface area contributed by atoms with Gasteiger partial charge >= 0.3 is 0 Å². The Morgan fingerprint density at radius 3 is 2.83 bits per heavy atom. The third-order valence-electron chi connectivity index (χ3n) is 2.14. The molecule has 0 saturated carbocycles. The zero-order chi connectivity index (χ0) is 13.7. The Morgan fingerprint density at radius 2 is 2.33 bits per heavy atom. The summed E-state index contributed by atoms with van der Waals surface area (Å²) in [7, 11) is 0. The summed E-state index contributed by atoms with van der Waals surface area (Å²) >= 11 is 1.29. The highest BCUT2D eigenvalue weighted by Gasteiger charge is 2.16. The van der Waals surface area contributed by atoms with E-state index >= 15 is 0 Å². The molecule has 0 fully saturated rings. The van der Waals surface area contributed by atoms with Crippen molar-refractivity contribution in [2.45, 2.75) is 17.1 Å². The first-order chi connectivity index (χ1) is 8.49. The van der Waals surface area contributed by atoms with E-state index in [0.29, 0.717) is 4.90 Å². The van der Waals surface area contributed by atoms with Gasteiger partial charge in [0.25, 0.3) is 5.69 Å². The Labute approximate surface area is 107 Å². The summed E-state index contributed by atoms with van der Waals surface area (Å²) < 4.78 is 0. The fraction of sp³-hybridized carbons (Fsp3) is 0.300. The number of nitro groups is 1. The van der Waals surface area contributed by atoms with Gasteiger partial charge in [-0.15, -0.1) is 11.8 Å². The average molecular weight is 271 g/mol. The van der Waals surface area contributed by atoms with E-state index in [1.54, 1.807) is 6.92 Å². The number of non-ortho nitro benzene ring substituents is 1. The summed E-state index contributed by atoms with van der Waals surface area (Å²) in [4.78, 5) is 10.7. The minimum absolute atomic E-state index is 0.0444. The lowest BCUT2D eigenvalue weighted by Gasteiger charge is -2.11. The van der Waals surface area contributed by atoms with Crippen molar-refractivity contribution in [3.8, 4) is 0 Å². The van der Waals surface area contributed by atoms with Crippen LogP contribution < -0.4 is 5.73 Å². The lowest BCUT2D eigenvalue weighted by molar-refractivity contribution is -0.384. The molecule has 0 amide bonds. The van der Waals surface area contributed by atoms with E-state index in [9.17, 15) is 10.1 Å². The Balaban J connectivity index is 3.21.